The molecule has 1 aromatic heterocycles. The highest BCUT2D eigenvalue weighted by molar-refractivity contribution is 7.19. The zero-order valence-electron chi connectivity index (χ0n) is 6.40. The lowest BCUT2D eigenvalue weighted by atomic mass is 10.2. The largest absolute Gasteiger partial charge is 0.204 e. The Morgan fingerprint density at radius 1 is 1.08 bits per heavy atom. The molecule has 0 bridgehead atoms. The molecule has 2 aromatic rings. The Morgan fingerprint density at radius 3 is 2.50 bits per heavy atom. The van der Waals surface area contributed by atoms with Gasteiger partial charge < -0.3 is 0 Å². The molecule has 0 radical (unpaired) electrons. The first-order valence-corrected chi connectivity index (χ1v) is 4.33. The number of hydrogen-bond acceptors (Lipinski definition) is 1. The summed E-state index contributed by atoms with van der Waals surface area (Å²) in [4.78, 5) is 1.06. The third-order valence-electron chi connectivity index (χ3n) is 1.68. The van der Waals surface area contributed by atoms with E-state index in [9.17, 15) is 8.78 Å². The predicted octanol–water partition coefficient (Wildman–Crippen LogP) is 3.49. The monoisotopic (exact) mass is 184 g/mol. The average Bonchev–Trinajstić information content (AvgIpc) is 2.30. The highest BCUT2D eigenvalue weighted by Gasteiger charge is 2.05. The first-order chi connectivity index (χ1) is 5.66. The third-order valence-corrected chi connectivity index (χ3v) is 2.70. The van der Waals surface area contributed by atoms with Crippen LogP contribution in [-0.2, 0) is 0 Å². The summed E-state index contributed by atoms with van der Waals surface area (Å²) >= 11 is 1.47. The van der Waals surface area contributed by atoms with Gasteiger partial charge in [0.15, 0.2) is 11.6 Å². The summed E-state index contributed by atoms with van der Waals surface area (Å²) in [5.41, 5.74) is 0. The van der Waals surface area contributed by atoms with E-state index in [1.165, 1.54) is 23.5 Å². The van der Waals surface area contributed by atoms with Gasteiger partial charge in [0, 0.05) is 9.58 Å². The number of halogens is 2. The molecule has 1 aromatic carbocycles. The van der Waals surface area contributed by atoms with Gasteiger partial charge in [0.2, 0.25) is 0 Å². The van der Waals surface area contributed by atoms with Gasteiger partial charge in [-0.05, 0) is 30.5 Å². The van der Waals surface area contributed by atoms with Gasteiger partial charge in [0.25, 0.3) is 0 Å². The molecule has 0 aliphatic rings. The molecule has 0 atom stereocenters. The maximum absolute atomic E-state index is 12.7. The van der Waals surface area contributed by atoms with Gasteiger partial charge in [-0.15, -0.1) is 11.3 Å². The zero-order valence-corrected chi connectivity index (χ0v) is 7.21. The van der Waals surface area contributed by atoms with E-state index in [1.807, 2.05) is 13.0 Å². The number of fused-ring (bicyclic) bond motifs is 1. The summed E-state index contributed by atoms with van der Waals surface area (Å²) in [5, 5.41) is 0.774. The van der Waals surface area contributed by atoms with Crippen molar-refractivity contribution in [3.05, 3.63) is 34.7 Å². The van der Waals surface area contributed by atoms with Crippen LogP contribution in [0.2, 0.25) is 0 Å². The standard InChI is InChI=1S/C9H6F2S/c1-5-2-6-3-7(10)8(11)4-9(6)12-5/h2-4H,1H3. The van der Waals surface area contributed by atoms with Crippen molar-refractivity contribution in [2.75, 3.05) is 0 Å². The summed E-state index contributed by atoms with van der Waals surface area (Å²) in [6, 6.07) is 4.32. The normalized spacial score (nSPS) is 10.9. The van der Waals surface area contributed by atoms with E-state index in [1.54, 1.807) is 0 Å². The molecule has 0 nitrogen and oxygen atoms in total. The molecule has 12 heavy (non-hydrogen) atoms. The van der Waals surface area contributed by atoms with Gasteiger partial charge in [-0.1, -0.05) is 0 Å². The molecule has 0 saturated carbocycles. The van der Waals surface area contributed by atoms with Crippen molar-refractivity contribution in [1.82, 2.24) is 0 Å². The molecule has 0 N–H and O–H groups in total. The second-order valence-electron chi connectivity index (χ2n) is 2.66. The summed E-state index contributed by atoms with van der Waals surface area (Å²) < 4.78 is 26.2. The molecule has 0 saturated heterocycles. The maximum Gasteiger partial charge on any atom is 0.160 e. The Balaban J connectivity index is 2.83. The van der Waals surface area contributed by atoms with Gasteiger partial charge in [0.05, 0.1) is 0 Å². The van der Waals surface area contributed by atoms with Gasteiger partial charge in [-0.25, -0.2) is 8.78 Å². The summed E-state index contributed by atoms with van der Waals surface area (Å²) in [6.07, 6.45) is 0. The van der Waals surface area contributed by atoms with Gasteiger partial charge in [-0.3, -0.25) is 0 Å². The molecule has 3 heteroatoms. The lowest BCUT2D eigenvalue weighted by Crippen LogP contribution is -1.79. The van der Waals surface area contributed by atoms with Crippen LogP contribution < -0.4 is 0 Å². The van der Waals surface area contributed by atoms with Crippen molar-refractivity contribution >= 4 is 21.4 Å². The molecular formula is C9H6F2S. The fourth-order valence-corrected chi connectivity index (χ4v) is 2.10. The number of thiophene rings is 1. The lowest BCUT2D eigenvalue weighted by Gasteiger charge is -1.91. The minimum Gasteiger partial charge on any atom is -0.204 e. The zero-order chi connectivity index (χ0) is 8.72. The van der Waals surface area contributed by atoms with Crippen LogP contribution in [0.5, 0.6) is 0 Å². The maximum atomic E-state index is 12.7. The van der Waals surface area contributed by atoms with E-state index >= 15 is 0 Å². The molecule has 0 unspecified atom stereocenters. The van der Waals surface area contributed by atoms with Crippen LogP contribution in [0.25, 0.3) is 10.1 Å². The van der Waals surface area contributed by atoms with E-state index in [4.69, 9.17) is 0 Å². The molecule has 0 amide bonds. The van der Waals surface area contributed by atoms with Gasteiger partial charge in [0.1, 0.15) is 0 Å². The van der Waals surface area contributed by atoms with Crippen LogP contribution in [0, 0.1) is 18.6 Å². The molecule has 1 heterocycles. The van der Waals surface area contributed by atoms with Crippen molar-refractivity contribution in [2.45, 2.75) is 6.92 Å². The SMILES string of the molecule is Cc1cc2cc(F)c(F)cc2s1. The molecule has 0 fully saturated rings. The molecule has 2 rings (SSSR count). The Kier molecular flexibility index (Phi) is 1.61. The van der Waals surface area contributed by atoms with E-state index in [-0.39, 0.29) is 0 Å². The number of benzene rings is 1. The second kappa shape index (κ2) is 2.52. The number of aryl methyl sites for hydroxylation is 1. The van der Waals surface area contributed by atoms with Gasteiger partial charge >= 0.3 is 0 Å². The van der Waals surface area contributed by atoms with Crippen LogP contribution in [0.4, 0.5) is 8.78 Å². The first-order valence-electron chi connectivity index (χ1n) is 3.52. The van der Waals surface area contributed by atoms with E-state index in [0.717, 1.165) is 15.0 Å². The summed E-state index contributed by atoms with van der Waals surface area (Å²) in [7, 11) is 0. The highest BCUT2D eigenvalue weighted by atomic mass is 32.1. The van der Waals surface area contributed by atoms with Crippen LogP contribution in [0.3, 0.4) is 0 Å². The van der Waals surface area contributed by atoms with Crippen LogP contribution >= 0.6 is 11.3 Å². The summed E-state index contributed by atoms with van der Waals surface area (Å²) in [5.74, 6) is -1.55. The van der Waals surface area contributed by atoms with Crippen LogP contribution in [-0.4, -0.2) is 0 Å². The predicted molar refractivity (Wildman–Crippen MR) is 46.5 cm³/mol. The number of rotatable bonds is 0. The molecule has 62 valence electrons. The molecular weight excluding hydrogens is 178 g/mol. The van der Waals surface area contributed by atoms with E-state index in [2.05, 4.69) is 0 Å². The Hall–Kier alpha value is -0.960. The van der Waals surface area contributed by atoms with Crippen molar-refractivity contribution in [3.8, 4) is 0 Å². The smallest absolute Gasteiger partial charge is 0.160 e. The lowest BCUT2D eigenvalue weighted by molar-refractivity contribution is 0.511. The fourth-order valence-electron chi connectivity index (χ4n) is 1.17. The summed E-state index contributed by atoms with van der Waals surface area (Å²) in [6.45, 7) is 1.92. The Morgan fingerprint density at radius 2 is 1.75 bits per heavy atom. The van der Waals surface area contributed by atoms with E-state index in [0.29, 0.717) is 0 Å². The minimum atomic E-state index is -0.778. The average molecular weight is 184 g/mol. The fraction of sp³-hybridized carbons (Fsp3) is 0.111. The van der Waals surface area contributed by atoms with E-state index < -0.39 is 11.6 Å². The topological polar surface area (TPSA) is 0 Å². The van der Waals surface area contributed by atoms with Crippen LogP contribution in [0.15, 0.2) is 18.2 Å². The third kappa shape index (κ3) is 1.10. The first kappa shape index (κ1) is 7.68. The molecule has 0 spiro atoms. The quantitative estimate of drug-likeness (QED) is 0.588. The Labute approximate surface area is 72.4 Å². The molecule has 0 aliphatic heterocycles. The van der Waals surface area contributed by atoms with Crippen molar-refractivity contribution in [2.24, 2.45) is 0 Å². The second-order valence-corrected chi connectivity index (χ2v) is 3.95. The van der Waals surface area contributed by atoms with Gasteiger partial charge in [-0.2, -0.15) is 0 Å². The highest BCUT2D eigenvalue weighted by Crippen LogP contribution is 2.26. The van der Waals surface area contributed by atoms with Crippen molar-refractivity contribution in [3.63, 3.8) is 0 Å². The minimum absolute atomic E-state index is 0.774. The van der Waals surface area contributed by atoms with Crippen LogP contribution in [0.1, 0.15) is 4.88 Å². The number of hydrogen-bond donors (Lipinski definition) is 0. The van der Waals surface area contributed by atoms with Crippen molar-refractivity contribution in [1.29, 1.82) is 0 Å². The Bertz CT molecular complexity index is 392. The van der Waals surface area contributed by atoms with Crippen molar-refractivity contribution < 1.29 is 8.78 Å². The molecule has 0 aliphatic carbocycles.